The maximum Gasteiger partial charge on any atom is 0.244 e. The topological polar surface area (TPSA) is 111 Å². The van der Waals surface area contributed by atoms with E-state index in [0.29, 0.717) is 35.6 Å². The van der Waals surface area contributed by atoms with E-state index in [0.717, 1.165) is 51.2 Å². The molecule has 0 aromatic heterocycles. The fourth-order valence-electron chi connectivity index (χ4n) is 8.12. The number of rotatable bonds is 2. The van der Waals surface area contributed by atoms with E-state index in [1.165, 1.54) is 5.57 Å². The molecular formula is C23H35N3O4S. The van der Waals surface area contributed by atoms with Gasteiger partial charge in [-0.1, -0.05) is 24.6 Å². The van der Waals surface area contributed by atoms with Gasteiger partial charge in [0.2, 0.25) is 10.0 Å². The average molecular weight is 450 g/mol. The van der Waals surface area contributed by atoms with Gasteiger partial charge in [-0.15, -0.1) is 0 Å². The lowest BCUT2D eigenvalue weighted by Crippen LogP contribution is -2.56. The standard InChI is InChI=1S/C23H35N3O4S/c1-20-13-18(25-28)17(24-26-31(4,29)30)11-19(20)23(9-10-23)12-14-15(20)5-7-21(2)16(14)6-8-22(21,3)27/h11,14-16,26-28H,5-10,12-13H2,1-4H3/t14-,15+,16+,20-,21+,22+/m1/s1. The van der Waals surface area contributed by atoms with Gasteiger partial charge in [0.05, 0.1) is 11.9 Å². The Morgan fingerprint density at radius 3 is 2.39 bits per heavy atom. The van der Waals surface area contributed by atoms with Crippen molar-refractivity contribution in [1.82, 2.24) is 4.83 Å². The molecule has 3 N–H and O–H groups in total. The van der Waals surface area contributed by atoms with Crippen molar-refractivity contribution in [3.8, 4) is 0 Å². The predicted molar refractivity (Wildman–Crippen MR) is 119 cm³/mol. The SMILES string of the molecule is C[C@]12CC(=NO)C(=NNS(C)(=O)=O)C=C1C1(CC1)C[C@@H]1[C@@H]2CC[C@@]2(C)[C@H]1CC[C@]2(C)O. The second-order valence-corrected chi connectivity index (χ2v) is 13.4. The zero-order valence-electron chi connectivity index (χ0n) is 19.0. The molecule has 1 spiro atoms. The first-order chi connectivity index (χ1) is 14.4. The molecule has 31 heavy (non-hydrogen) atoms. The van der Waals surface area contributed by atoms with Crippen LogP contribution in [0.4, 0.5) is 0 Å². The number of hydrogen-bond acceptors (Lipinski definition) is 6. The second-order valence-electron chi connectivity index (χ2n) is 11.7. The minimum absolute atomic E-state index is 0.0313. The Balaban J connectivity index is 1.57. The quantitative estimate of drug-likeness (QED) is 0.443. The maximum absolute atomic E-state index is 11.6. The lowest BCUT2D eigenvalue weighted by Gasteiger charge is -2.61. The van der Waals surface area contributed by atoms with Gasteiger partial charge in [-0.3, -0.25) is 0 Å². The number of aliphatic hydroxyl groups is 1. The van der Waals surface area contributed by atoms with Crippen LogP contribution in [-0.4, -0.2) is 42.0 Å². The molecule has 0 heterocycles. The highest BCUT2D eigenvalue weighted by atomic mass is 32.2. The van der Waals surface area contributed by atoms with Crippen LogP contribution in [0.1, 0.15) is 72.1 Å². The number of sulfonamides is 1. The van der Waals surface area contributed by atoms with Gasteiger partial charge in [0.1, 0.15) is 11.4 Å². The van der Waals surface area contributed by atoms with Crippen LogP contribution in [0, 0.1) is 34.0 Å². The Hall–Kier alpha value is -1.41. The minimum atomic E-state index is -3.49. The van der Waals surface area contributed by atoms with Crippen molar-refractivity contribution in [1.29, 1.82) is 0 Å². The van der Waals surface area contributed by atoms with Gasteiger partial charge in [0.25, 0.3) is 0 Å². The summed E-state index contributed by atoms with van der Waals surface area (Å²) >= 11 is 0. The Labute approximate surface area is 185 Å². The number of nitrogens with one attached hydrogen (secondary N) is 1. The molecule has 0 radical (unpaired) electrons. The molecule has 0 saturated heterocycles. The number of fused-ring (bicyclic) bond motifs is 6. The Morgan fingerprint density at radius 1 is 1.10 bits per heavy atom. The van der Waals surface area contributed by atoms with Crippen LogP contribution in [0.15, 0.2) is 21.9 Å². The molecule has 0 aromatic rings. The number of hydrogen-bond donors (Lipinski definition) is 3. The molecule has 0 aromatic carbocycles. The summed E-state index contributed by atoms with van der Waals surface area (Å²) in [4.78, 5) is 2.21. The largest absolute Gasteiger partial charge is 0.411 e. The van der Waals surface area contributed by atoms with Gasteiger partial charge < -0.3 is 10.3 Å². The Morgan fingerprint density at radius 2 is 1.77 bits per heavy atom. The number of allylic oxidation sites excluding steroid dienone is 2. The Bertz CT molecular complexity index is 1010. The maximum atomic E-state index is 11.6. The van der Waals surface area contributed by atoms with Gasteiger partial charge in [-0.05, 0) is 91.9 Å². The number of oxime groups is 1. The first-order valence-electron chi connectivity index (χ1n) is 11.6. The van der Waals surface area contributed by atoms with Crippen LogP contribution in [0.3, 0.4) is 0 Å². The molecule has 4 fully saturated rings. The van der Waals surface area contributed by atoms with Crippen LogP contribution in [0.2, 0.25) is 0 Å². The van der Waals surface area contributed by atoms with Crippen LogP contribution >= 0.6 is 0 Å². The van der Waals surface area contributed by atoms with Crippen molar-refractivity contribution < 1.29 is 18.7 Å². The smallest absolute Gasteiger partial charge is 0.244 e. The summed E-state index contributed by atoms with van der Waals surface area (Å²) in [5.74, 6) is 1.55. The third-order valence-corrected chi connectivity index (χ3v) is 10.5. The molecular weight excluding hydrogens is 414 g/mol. The van der Waals surface area contributed by atoms with E-state index in [-0.39, 0.29) is 16.2 Å². The van der Waals surface area contributed by atoms with Crippen LogP contribution in [0.5, 0.6) is 0 Å². The van der Waals surface area contributed by atoms with E-state index in [4.69, 9.17) is 0 Å². The highest BCUT2D eigenvalue weighted by Crippen LogP contribution is 2.75. The van der Waals surface area contributed by atoms with Crippen molar-refractivity contribution in [3.05, 3.63) is 11.6 Å². The van der Waals surface area contributed by atoms with Crippen molar-refractivity contribution in [2.24, 2.45) is 44.3 Å². The molecule has 4 saturated carbocycles. The van der Waals surface area contributed by atoms with E-state index >= 15 is 0 Å². The van der Waals surface area contributed by atoms with Crippen LogP contribution in [0.25, 0.3) is 0 Å². The normalized spacial score (nSPS) is 48.2. The highest BCUT2D eigenvalue weighted by Gasteiger charge is 2.68. The van der Waals surface area contributed by atoms with E-state index in [1.54, 1.807) is 0 Å². The van der Waals surface area contributed by atoms with Crippen molar-refractivity contribution in [3.63, 3.8) is 0 Å². The summed E-state index contributed by atoms with van der Waals surface area (Å²) in [5.41, 5.74) is 1.64. The van der Waals surface area contributed by atoms with Gasteiger partial charge in [0.15, 0.2) is 0 Å². The van der Waals surface area contributed by atoms with Gasteiger partial charge in [-0.25, -0.2) is 13.2 Å². The lowest BCUT2D eigenvalue weighted by atomic mass is 9.44. The van der Waals surface area contributed by atoms with Crippen molar-refractivity contribution >= 4 is 21.4 Å². The zero-order chi connectivity index (χ0) is 22.4. The van der Waals surface area contributed by atoms with E-state index in [9.17, 15) is 18.7 Å². The third-order valence-electron chi connectivity index (χ3n) is 10.0. The summed E-state index contributed by atoms with van der Waals surface area (Å²) in [5, 5.41) is 28.6. The first-order valence-corrected chi connectivity index (χ1v) is 13.5. The third kappa shape index (κ3) is 2.96. The van der Waals surface area contributed by atoms with E-state index in [1.807, 2.05) is 13.0 Å². The zero-order valence-corrected chi connectivity index (χ0v) is 19.8. The van der Waals surface area contributed by atoms with Crippen molar-refractivity contribution in [2.45, 2.75) is 77.7 Å². The molecule has 5 rings (SSSR count). The fraction of sp³-hybridized carbons (Fsp3) is 0.826. The van der Waals surface area contributed by atoms with Crippen LogP contribution < -0.4 is 4.83 Å². The summed E-state index contributed by atoms with van der Waals surface area (Å²) in [6.45, 7) is 6.65. The Kier molecular flexibility index (Phi) is 4.38. The number of nitrogens with zero attached hydrogens (tertiary/aromatic N) is 2. The van der Waals surface area contributed by atoms with Gasteiger partial charge in [-0.2, -0.15) is 5.10 Å². The summed E-state index contributed by atoms with van der Waals surface area (Å²) < 4.78 is 23.1. The highest BCUT2D eigenvalue weighted by molar-refractivity contribution is 7.88. The minimum Gasteiger partial charge on any atom is -0.411 e. The summed E-state index contributed by atoms with van der Waals surface area (Å²) in [6, 6.07) is 0. The summed E-state index contributed by atoms with van der Waals surface area (Å²) in [7, 11) is -3.49. The fourth-order valence-corrected chi connectivity index (χ4v) is 8.38. The first kappa shape index (κ1) is 21.4. The molecule has 0 aliphatic heterocycles. The van der Waals surface area contributed by atoms with Gasteiger partial charge in [0, 0.05) is 6.42 Å². The molecule has 0 unspecified atom stereocenters. The monoisotopic (exact) mass is 449 g/mol. The summed E-state index contributed by atoms with van der Waals surface area (Å²) in [6.07, 6.45) is 11.1. The molecule has 8 heteroatoms. The lowest BCUT2D eigenvalue weighted by molar-refractivity contribution is -0.121. The van der Waals surface area contributed by atoms with E-state index in [2.05, 4.69) is 28.9 Å². The average Bonchev–Trinajstić information content (AvgIpc) is 3.39. The van der Waals surface area contributed by atoms with E-state index < -0.39 is 15.6 Å². The molecule has 0 bridgehead atoms. The molecule has 5 aliphatic rings. The van der Waals surface area contributed by atoms with Crippen LogP contribution in [-0.2, 0) is 10.0 Å². The molecule has 7 nitrogen and oxygen atoms in total. The molecule has 172 valence electrons. The predicted octanol–water partition coefficient (Wildman–Crippen LogP) is 3.44. The molecule has 6 atom stereocenters. The van der Waals surface area contributed by atoms with Gasteiger partial charge >= 0.3 is 0 Å². The molecule has 5 aliphatic carbocycles. The second kappa shape index (κ2) is 6.34. The van der Waals surface area contributed by atoms with Crippen molar-refractivity contribution in [2.75, 3.05) is 6.26 Å². The number of hydrazone groups is 1. The molecule has 0 amide bonds.